The first-order valence-electron chi connectivity index (χ1n) is 10.8. The normalized spacial score (nSPS) is 42.3. The largest absolute Gasteiger partial charge is 0.103 e. The highest BCUT2D eigenvalue weighted by Crippen LogP contribution is 2.64. The van der Waals surface area contributed by atoms with Crippen LogP contribution in [0, 0.1) is 28.1 Å². The van der Waals surface area contributed by atoms with Crippen LogP contribution >= 0.6 is 0 Å². The van der Waals surface area contributed by atoms with E-state index in [0.29, 0.717) is 16.2 Å². The van der Waals surface area contributed by atoms with E-state index in [1.807, 2.05) is 5.57 Å². The average molecular weight is 349 g/mol. The Balaban J connectivity index is 1.65. The molecule has 5 atom stereocenters. The number of hydrogen-bond donors (Lipinski definition) is 0. The fourth-order valence-electron chi connectivity index (χ4n) is 7.02. The molecule has 4 rings (SSSR count). The molecule has 0 radical (unpaired) electrons. The molecule has 1 aromatic rings. The van der Waals surface area contributed by atoms with Gasteiger partial charge in [-0.3, -0.25) is 0 Å². The van der Waals surface area contributed by atoms with Gasteiger partial charge in [0, 0.05) is 0 Å². The summed E-state index contributed by atoms with van der Waals surface area (Å²) in [6, 6.07) is 11.2. The lowest BCUT2D eigenvalue weighted by atomic mass is 9.45. The van der Waals surface area contributed by atoms with E-state index in [4.69, 9.17) is 0 Å². The van der Waals surface area contributed by atoms with Crippen molar-refractivity contribution in [1.29, 1.82) is 0 Å². The van der Waals surface area contributed by atoms with Crippen molar-refractivity contribution < 1.29 is 0 Å². The van der Waals surface area contributed by atoms with Crippen molar-refractivity contribution in [3.05, 3.63) is 60.2 Å². The van der Waals surface area contributed by atoms with Crippen LogP contribution in [-0.2, 0) is 6.42 Å². The van der Waals surface area contributed by atoms with Crippen molar-refractivity contribution in [2.75, 3.05) is 0 Å². The third kappa shape index (κ3) is 2.90. The third-order valence-corrected chi connectivity index (χ3v) is 8.40. The van der Waals surface area contributed by atoms with Crippen LogP contribution in [0.15, 0.2) is 54.6 Å². The summed E-state index contributed by atoms with van der Waals surface area (Å²) in [5, 5.41) is 0. The SMILES string of the molecule is C=C[C@@]1(C)CC=C2C(CCC3[C@](C)(Cc4ccccc4)CCC[C@@]23C)C1. The van der Waals surface area contributed by atoms with Gasteiger partial charge in [-0.2, -0.15) is 0 Å². The molecule has 2 unspecified atom stereocenters. The summed E-state index contributed by atoms with van der Waals surface area (Å²) in [7, 11) is 0. The molecule has 0 heterocycles. The minimum Gasteiger partial charge on any atom is -0.103 e. The maximum absolute atomic E-state index is 4.13. The molecule has 140 valence electrons. The van der Waals surface area contributed by atoms with Gasteiger partial charge in [0.2, 0.25) is 0 Å². The maximum atomic E-state index is 4.13. The van der Waals surface area contributed by atoms with Crippen molar-refractivity contribution in [2.45, 2.75) is 72.1 Å². The topological polar surface area (TPSA) is 0 Å². The van der Waals surface area contributed by atoms with E-state index >= 15 is 0 Å². The van der Waals surface area contributed by atoms with Gasteiger partial charge in [0.25, 0.3) is 0 Å². The predicted octanol–water partition coefficient (Wildman–Crippen LogP) is 7.36. The van der Waals surface area contributed by atoms with E-state index in [0.717, 1.165) is 11.8 Å². The highest BCUT2D eigenvalue weighted by Gasteiger charge is 2.54. The number of benzene rings is 1. The van der Waals surface area contributed by atoms with Crippen molar-refractivity contribution in [2.24, 2.45) is 28.1 Å². The molecule has 0 nitrogen and oxygen atoms in total. The Morgan fingerprint density at radius 3 is 2.58 bits per heavy atom. The van der Waals surface area contributed by atoms with Crippen LogP contribution in [0.3, 0.4) is 0 Å². The van der Waals surface area contributed by atoms with Gasteiger partial charge in [0.15, 0.2) is 0 Å². The van der Waals surface area contributed by atoms with E-state index < -0.39 is 0 Å². The molecule has 0 bridgehead atoms. The van der Waals surface area contributed by atoms with Crippen LogP contribution in [0.1, 0.15) is 71.3 Å². The quantitative estimate of drug-likeness (QED) is 0.500. The number of allylic oxidation sites excluding steroid dienone is 3. The lowest BCUT2D eigenvalue weighted by molar-refractivity contribution is -0.0261. The van der Waals surface area contributed by atoms with Gasteiger partial charge in [-0.15, -0.1) is 6.58 Å². The van der Waals surface area contributed by atoms with Crippen molar-refractivity contribution in [3.63, 3.8) is 0 Å². The molecular weight excluding hydrogens is 312 g/mol. The Labute approximate surface area is 160 Å². The third-order valence-electron chi connectivity index (χ3n) is 8.40. The second kappa shape index (κ2) is 6.39. The molecular formula is C26H36. The van der Waals surface area contributed by atoms with Gasteiger partial charge in [-0.05, 0) is 78.6 Å². The molecule has 0 aliphatic heterocycles. The van der Waals surface area contributed by atoms with Crippen molar-refractivity contribution in [3.8, 4) is 0 Å². The lowest BCUT2D eigenvalue weighted by Gasteiger charge is -2.59. The molecule has 0 N–H and O–H groups in total. The van der Waals surface area contributed by atoms with Crippen LogP contribution in [0.5, 0.6) is 0 Å². The molecule has 2 saturated carbocycles. The number of hydrogen-bond acceptors (Lipinski definition) is 0. The molecule has 0 saturated heterocycles. The molecule has 3 aliphatic carbocycles. The standard InChI is InChI=1S/C26H36/c1-5-24(2)17-14-22-21(19-24)12-13-23-25(3,15-9-16-26(22,23)4)18-20-10-7-6-8-11-20/h5-8,10-11,14,21,23H,1,9,12-13,15-19H2,2-4H3/t21?,23?,24-,25-,26-/m0/s1. The number of rotatable bonds is 3. The zero-order valence-electron chi connectivity index (χ0n) is 17.1. The first kappa shape index (κ1) is 18.1. The highest BCUT2D eigenvalue weighted by molar-refractivity contribution is 5.29. The summed E-state index contributed by atoms with van der Waals surface area (Å²) in [4.78, 5) is 0. The van der Waals surface area contributed by atoms with Gasteiger partial charge < -0.3 is 0 Å². The fourth-order valence-corrected chi connectivity index (χ4v) is 7.02. The van der Waals surface area contributed by atoms with Gasteiger partial charge in [0.05, 0.1) is 0 Å². The Kier molecular flexibility index (Phi) is 4.45. The molecule has 0 heteroatoms. The van der Waals surface area contributed by atoms with Gasteiger partial charge >= 0.3 is 0 Å². The van der Waals surface area contributed by atoms with E-state index in [2.05, 4.69) is 69.8 Å². The average Bonchev–Trinajstić information content (AvgIpc) is 2.62. The second-order valence-electron chi connectivity index (χ2n) is 10.3. The van der Waals surface area contributed by atoms with Gasteiger partial charge in [-0.1, -0.05) is 75.2 Å². The van der Waals surface area contributed by atoms with Crippen LogP contribution in [0.2, 0.25) is 0 Å². The number of fused-ring (bicyclic) bond motifs is 3. The summed E-state index contributed by atoms with van der Waals surface area (Å²) < 4.78 is 0. The fraction of sp³-hybridized carbons (Fsp3) is 0.615. The molecule has 2 fully saturated rings. The molecule has 0 aromatic heterocycles. The van der Waals surface area contributed by atoms with E-state index in [9.17, 15) is 0 Å². The first-order chi connectivity index (χ1) is 12.4. The summed E-state index contributed by atoms with van der Waals surface area (Å²) in [5.41, 5.74) is 4.54. The zero-order valence-corrected chi connectivity index (χ0v) is 17.1. The van der Waals surface area contributed by atoms with E-state index in [1.54, 1.807) is 0 Å². The van der Waals surface area contributed by atoms with Gasteiger partial charge in [-0.25, -0.2) is 0 Å². The lowest BCUT2D eigenvalue weighted by Crippen LogP contribution is -2.50. The molecule has 0 spiro atoms. The minimum absolute atomic E-state index is 0.319. The molecule has 1 aromatic carbocycles. The van der Waals surface area contributed by atoms with Crippen LogP contribution in [-0.4, -0.2) is 0 Å². The van der Waals surface area contributed by atoms with E-state index in [-0.39, 0.29) is 0 Å². The summed E-state index contributed by atoms with van der Waals surface area (Å²) in [6.45, 7) is 11.8. The smallest absolute Gasteiger partial charge is 0.00801 e. The summed E-state index contributed by atoms with van der Waals surface area (Å²) in [6.07, 6.45) is 15.6. The molecule has 26 heavy (non-hydrogen) atoms. The highest BCUT2D eigenvalue weighted by atomic mass is 14.6. The van der Waals surface area contributed by atoms with Crippen molar-refractivity contribution >= 4 is 0 Å². The van der Waals surface area contributed by atoms with Crippen molar-refractivity contribution in [1.82, 2.24) is 0 Å². The Bertz CT molecular complexity index is 698. The summed E-state index contributed by atoms with van der Waals surface area (Å²) in [5.74, 6) is 1.63. The summed E-state index contributed by atoms with van der Waals surface area (Å²) >= 11 is 0. The van der Waals surface area contributed by atoms with Crippen LogP contribution in [0.25, 0.3) is 0 Å². The van der Waals surface area contributed by atoms with E-state index in [1.165, 1.54) is 56.9 Å². The second-order valence-corrected chi connectivity index (χ2v) is 10.3. The predicted molar refractivity (Wildman–Crippen MR) is 112 cm³/mol. The molecule has 3 aliphatic rings. The Morgan fingerprint density at radius 2 is 1.85 bits per heavy atom. The Morgan fingerprint density at radius 1 is 1.08 bits per heavy atom. The first-order valence-corrected chi connectivity index (χ1v) is 10.8. The molecule has 0 amide bonds. The van der Waals surface area contributed by atoms with Gasteiger partial charge in [0.1, 0.15) is 0 Å². The van der Waals surface area contributed by atoms with Crippen LogP contribution in [0.4, 0.5) is 0 Å². The van der Waals surface area contributed by atoms with Crippen LogP contribution < -0.4 is 0 Å². The monoisotopic (exact) mass is 348 g/mol. The minimum atomic E-state index is 0.319. The zero-order chi connectivity index (χ0) is 18.4. The maximum Gasteiger partial charge on any atom is -0.00801 e. The Hall–Kier alpha value is -1.30.